The van der Waals surface area contributed by atoms with Crippen LogP contribution in [0.4, 0.5) is 11.6 Å². The molecule has 2 aliphatic heterocycles. The second-order valence-electron chi connectivity index (χ2n) is 5.74. The Morgan fingerprint density at radius 2 is 2.19 bits per heavy atom. The molecule has 0 saturated heterocycles. The van der Waals surface area contributed by atoms with Crippen molar-refractivity contribution in [3.8, 4) is 11.9 Å². The van der Waals surface area contributed by atoms with Crippen LogP contribution in [0.3, 0.4) is 0 Å². The summed E-state index contributed by atoms with van der Waals surface area (Å²) in [6, 6.07) is 7.81. The number of nitrogens with zero attached hydrogens (tertiary/aromatic N) is 9. The van der Waals surface area contributed by atoms with E-state index in [2.05, 4.69) is 20.3 Å². The standard InChI is InChI=1S/C16H11N9O2/c1-27-16(26)13-15(20-21-23(13)7-17)24-9-19-14-10-4-2-3-5-11(10)22-8-18-6-12(22)25(14)24/h2-6,8H,9H2,1H3. The highest BCUT2D eigenvalue weighted by atomic mass is 16.5. The quantitative estimate of drug-likeness (QED) is 0.607. The van der Waals surface area contributed by atoms with Crippen LogP contribution < -0.4 is 10.0 Å². The van der Waals surface area contributed by atoms with Crippen molar-refractivity contribution < 1.29 is 9.53 Å². The first-order valence-corrected chi connectivity index (χ1v) is 7.93. The van der Waals surface area contributed by atoms with Crippen LogP contribution in [0.1, 0.15) is 16.1 Å². The lowest BCUT2D eigenvalue weighted by Gasteiger charge is -2.34. The van der Waals surface area contributed by atoms with E-state index in [9.17, 15) is 10.1 Å². The van der Waals surface area contributed by atoms with Crippen LogP contribution >= 0.6 is 0 Å². The van der Waals surface area contributed by atoms with Gasteiger partial charge in [0.05, 0.1) is 19.0 Å². The molecule has 0 saturated carbocycles. The zero-order valence-corrected chi connectivity index (χ0v) is 14.0. The van der Waals surface area contributed by atoms with Crippen molar-refractivity contribution in [1.82, 2.24) is 24.5 Å². The molecular formula is C16H11N9O2. The van der Waals surface area contributed by atoms with Crippen molar-refractivity contribution in [2.24, 2.45) is 4.99 Å². The number of esters is 1. The first-order chi connectivity index (χ1) is 13.2. The maximum atomic E-state index is 12.2. The fraction of sp³-hybridized carbons (Fsp3) is 0.125. The molecule has 0 bridgehead atoms. The van der Waals surface area contributed by atoms with Gasteiger partial charge in [0.2, 0.25) is 17.7 Å². The molecule has 2 aliphatic rings. The molecule has 0 fully saturated rings. The highest BCUT2D eigenvalue weighted by molar-refractivity contribution is 6.16. The number of ether oxygens (including phenoxy) is 1. The Labute approximate surface area is 152 Å². The van der Waals surface area contributed by atoms with Crippen LogP contribution in [0.25, 0.3) is 5.69 Å². The smallest absolute Gasteiger partial charge is 0.361 e. The van der Waals surface area contributed by atoms with E-state index in [1.807, 2.05) is 28.8 Å². The second-order valence-corrected chi connectivity index (χ2v) is 5.74. The minimum atomic E-state index is -0.712. The number of aliphatic imine (C=N–C) groups is 1. The predicted molar refractivity (Wildman–Crippen MR) is 92.3 cm³/mol. The van der Waals surface area contributed by atoms with Crippen molar-refractivity contribution in [3.05, 3.63) is 48.0 Å². The highest BCUT2D eigenvalue weighted by Crippen LogP contribution is 2.36. The molecule has 11 nitrogen and oxygen atoms in total. The number of imidazole rings is 1. The van der Waals surface area contributed by atoms with Crippen molar-refractivity contribution in [3.63, 3.8) is 0 Å². The summed E-state index contributed by atoms with van der Waals surface area (Å²) >= 11 is 0. The largest absolute Gasteiger partial charge is 0.464 e. The van der Waals surface area contributed by atoms with Crippen molar-refractivity contribution in [2.45, 2.75) is 0 Å². The van der Waals surface area contributed by atoms with Crippen molar-refractivity contribution in [1.29, 1.82) is 5.26 Å². The van der Waals surface area contributed by atoms with Gasteiger partial charge in [-0.2, -0.15) is 5.26 Å². The topological polar surface area (TPSA) is 117 Å². The monoisotopic (exact) mass is 361 g/mol. The van der Waals surface area contributed by atoms with Gasteiger partial charge in [0, 0.05) is 5.56 Å². The van der Waals surface area contributed by atoms with Gasteiger partial charge < -0.3 is 4.74 Å². The van der Waals surface area contributed by atoms with Crippen LogP contribution in [0.15, 0.2) is 41.8 Å². The van der Waals surface area contributed by atoms with Crippen LogP contribution in [-0.4, -0.2) is 50.1 Å². The molecule has 1 aromatic carbocycles. The summed E-state index contributed by atoms with van der Waals surface area (Å²) in [6.45, 7) is 0.197. The number of para-hydroxylation sites is 1. The molecule has 0 unspecified atom stereocenters. The fourth-order valence-corrected chi connectivity index (χ4v) is 3.27. The number of nitriles is 1. The van der Waals surface area contributed by atoms with E-state index in [0.717, 1.165) is 21.8 Å². The van der Waals surface area contributed by atoms with Gasteiger partial charge in [-0.05, 0) is 17.3 Å². The number of hydrogen-bond acceptors (Lipinski definition) is 9. The van der Waals surface area contributed by atoms with Crippen LogP contribution in [0, 0.1) is 11.5 Å². The summed E-state index contributed by atoms with van der Waals surface area (Å²) in [7, 11) is 1.24. The lowest BCUT2D eigenvalue weighted by Crippen LogP contribution is -2.46. The predicted octanol–water partition coefficient (Wildman–Crippen LogP) is 0.539. The number of amidine groups is 1. The highest BCUT2D eigenvalue weighted by Gasteiger charge is 2.39. The number of carbonyl (C=O) groups excluding carboxylic acids is 1. The van der Waals surface area contributed by atoms with Crippen LogP contribution in [0.5, 0.6) is 0 Å². The molecule has 0 aliphatic carbocycles. The first-order valence-electron chi connectivity index (χ1n) is 7.93. The lowest BCUT2D eigenvalue weighted by atomic mass is 10.1. The summed E-state index contributed by atoms with van der Waals surface area (Å²) in [5.41, 5.74) is 1.80. The number of methoxy groups -OCH3 is 1. The Morgan fingerprint density at radius 1 is 1.33 bits per heavy atom. The maximum absolute atomic E-state index is 12.2. The maximum Gasteiger partial charge on any atom is 0.361 e. The average molecular weight is 361 g/mol. The Bertz CT molecular complexity index is 1150. The van der Waals surface area contributed by atoms with Gasteiger partial charge in [0.1, 0.15) is 13.0 Å². The molecule has 4 heterocycles. The van der Waals surface area contributed by atoms with E-state index in [0.29, 0.717) is 5.84 Å². The SMILES string of the molecule is COC(=O)c1c(N2CN=C3c4ccccc4-n4cncc4N32)nnn1C#N. The molecule has 0 atom stereocenters. The third-order valence-corrected chi connectivity index (χ3v) is 4.41. The summed E-state index contributed by atoms with van der Waals surface area (Å²) < 4.78 is 7.54. The third-order valence-electron chi connectivity index (χ3n) is 4.41. The van der Waals surface area contributed by atoms with E-state index in [-0.39, 0.29) is 18.2 Å². The van der Waals surface area contributed by atoms with Gasteiger partial charge in [-0.15, -0.1) is 9.78 Å². The van der Waals surface area contributed by atoms with E-state index >= 15 is 0 Å². The Balaban J connectivity index is 1.68. The average Bonchev–Trinajstić information content (AvgIpc) is 3.43. The molecule has 0 spiro atoms. The summed E-state index contributed by atoms with van der Waals surface area (Å²) in [4.78, 5) is 21.1. The number of aromatic nitrogens is 5. The Hall–Kier alpha value is -4.20. The van der Waals surface area contributed by atoms with E-state index in [4.69, 9.17) is 4.74 Å². The molecule has 0 N–H and O–H groups in total. The zero-order chi connectivity index (χ0) is 18.5. The third kappa shape index (κ3) is 1.92. The number of fused-ring (bicyclic) bond motifs is 6. The lowest BCUT2D eigenvalue weighted by molar-refractivity contribution is 0.0591. The molecule has 2 aromatic heterocycles. The Kier molecular flexibility index (Phi) is 3.02. The molecule has 132 valence electrons. The number of carbonyl (C=O) groups is 1. The van der Waals surface area contributed by atoms with E-state index in [1.54, 1.807) is 28.7 Å². The molecular weight excluding hydrogens is 350 g/mol. The molecule has 27 heavy (non-hydrogen) atoms. The first kappa shape index (κ1) is 15.1. The molecule has 0 radical (unpaired) electrons. The van der Waals surface area contributed by atoms with Crippen molar-refractivity contribution >= 4 is 23.4 Å². The van der Waals surface area contributed by atoms with Gasteiger partial charge in [-0.25, -0.2) is 24.8 Å². The molecule has 0 amide bonds. The Morgan fingerprint density at radius 3 is 3.00 bits per heavy atom. The van der Waals surface area contributed by atoms with Gasteiger partial charge in [-0.3, -0.25) is 4.57 Å². The number of anilines is 2. The summed E-state index contributed by atoms with van der Waals surface area (Å²) in [6.07, 6.45) is 5.19. The molecule has 5 rings (SSSR count). The van der Waals surface area contributed by atoms with Gasteiger partial charge >= 0.3 is 5.97 Å². The van der Waals surface area contributed by atoms with E-state index < -0.39 is 5.97 Å². The second kappa shape index (κ2) is 5.40. The number of hydrazine groups is 1. The van der Waals surface area contributed by atoms with Gasteiger partial charge in [-0.1, -0.05) is 12.1 Å². The molecule has 11 heteroatoms. The van der Waals surface area contributed by atoms with Gasteiger partial charge in [0.15, 0.2) is 11.7 Å². The van der Waals surface area contributed by atoms with E-state index in [1.165, 1.54) is 7.11 Å². The fourth-order valence-electron chi connectivity index (χ4n) is 3.27. The number of rotatable bonds is 2. The normalized spacial score (nSPS) is 14.1. The summed E-state index contributed by atoms with van der Waals surface area (Å²) in [5.74, 6) is 0.887. The van der Waals surface area contributed by atoms with Crippen molar-refractivity contribution in [2.75, 3.05) is 23.8 Å². The minimum Gasteiger partial charge on any atom is -0.464 e. The molecule has 3 aromatic rings. The van der Waals surface area contributed by atoms with Crippen LogP contribution in [0.2, 0.25) is 0 Å². The summed E-state index contributed by atoms with van der Waals surface area (Å²) in [5, 5.41) is 20.4. The minimum absolute atomic E-state index is 0.0682. The number of hydrogen-bond donors (Lipinski definition) is 0. The van der Waals surface area contributed by atoms with Crippen LogP contribution in [-0.2, 0) is 4.74 Å². The zero-order valence-electron chi connectivity index (χ0n) is 14.0. The van der Waals surface area contributed by atoms with Gasteiger partial charge in [0.25, 0.3) is 0 Å². The number of benzene rings is 1.